The third-order valence-corrected chi connectivity index (χ3v) is 3.88. The van der Waals surface area contributed by atoms with Crippen molar-refractivity contribution in [3.05, 3.63) is 29.8 Å². The Morgan fingerprint density at radius 1 is 1.25 bits per heavy atom. The molecule has 16 heavy (non-hydrogen) atoms. The van der Waals surface area contributed by atoms with Crippen molar-refractivity contribution in [2.24, 2.45) is 0 Å². The molecule has 0 bridgehead atoms. The van der Waals surface area contributed by atoms with Crippen LogP contribution in [0.1, 0.15) is 16.8 Å². The van der Waals surface area contributed by atoms with Gasteiger partial charge < -0.3 is 10.2 Å². The molecule has 0 heterocycles. The summed E-state index contributed by atoms with van der Waals surface area (Å²) in [5.74, 6) is -1.53. The highest BCUT2D eigenvalue weighted by atomic mass is 32.2. The van der Waals surface area contributed by atoms with Crippen molar-refractivity contribution in [1.29, 1.82) is 0 Å². The number of carbonyl (C=O) groups is 1. The number of rotatable bonds is 5. The maximum atomic E-state index is 11.7. The van der Waals surface area contributed by atoms with Gasteiger partial charge >= 0.3 is 5.97 Å². The van der Waals surface area contributed by atoms with Crippen LogP contribution < -0.4 is 0 Å². The van der Waals surface area contributed by atoms with Crippen molar-refractivity contribution in [3.8, 4) is 0 Å². The van der Waals surface area contributed by atoms with Gasteiger partial charge in [-0.3, -0.25) is 0 Å². The summed E-state index contributed by atoms with van der Waals surface area (Å²) in [4.78, 5) is 10.6. The highest BCUT2D eigenvalue weighted by Gasteiger charge is 2.21. The van der Waals surface area contributed by atoms with Gasteiger partial charge in [0.1, 0.15) is 0 Å². The Balaban J connectivity index is 3.17. The maximum Gasteiger partial charge on any atom is 0.337 e. The molecule has 1 aromatic rings. The molecule has 0 amide bonds. The van der Waals surface area contributed by atoms with Crippen LogP contribution in [-0.2, 0) is 9.84 Å². The Kier molecular flexibility index (Phi) is 4.03. The largest absolute Gasteiger partial charge is 0.478 e. The minimum atomic E-state index is -3.64. The van der Waals surface area contributed by atoms with Crippen LogP contribution in [0.15, 0.2) is 29.2 Å². The molecule has 5 nitrogen and oxygen atoms in total. The zero-order chi connectivity index (χ0) is 12.2. The number of aliphatic hydroxyl groups excluding tert-OH is 1. The number of aliphatic hydroxyl groups is 1. The number of aromatic carboxylic acids is 1. The molecule has 0 spiro atoms. The zero-order valence-corrected chi connectivity index (χ0v) is 9.27. The SMILES string of the molecule is O=C(O)c1ccccc1S(=O)(=O)CCCO. The Hall–Kier alpha value is -1.40. The van der Waals surface area contributed by atoms with E-state index >= 15 is 0 Å². The van der Waals surface area contributed by atoms with E-state index in [9.17, 15) is 13.2 Å². The molecule has 0 fully saturated rings. The molecule has 0 aliphatic carbocycles. The lowest BCUT2D eigenvalue weighted by Gasteiger charge is -2.06. The normalized spacial score (nSPS) is 11.3. The summed E-state index contributed by atoms with van der Waals surface area (Å²) in [5.41, 5.74) is -0.236. The second-order valence-electron chi connectivity index (χ2n) is 3.20. The van der Waals surface area contributed by atoms with Gasteiger partial charge in [-0.1, -0.05) is 12.1 Å². The average Bonchev–Trinajstić information content (AvgIpc) is 2.26. The lowest BCUT2D eigenvalue weighted by atomic mass is 10.2. The van der Waals surface area contributed by atoms with E-state index in [1.165, 1.54) is 24.3 Å². The molecule has 0 radical (unpaired) electrons. The van der Waals surface area contributed by atoms with Crippen LogP contribution in [0.3, 0.4) is 0 Å². The molecular formula is C10H12O5S. The van der Waals surface area contributed by atoms with Gasteiger partial charge in [-0.2, -0.15) is 0 Å². The van der Waals surface area contributed by atoms with E-state index in [1.807, 2.05) is 0 Å². The van der Waals surface area contributed by atoms with Gasteiger partial charge in [-0.25, -0.2) is 13.2 Å². The quantitative estimate of drug-likeness (QED) is 0.788. The van der Waals surface area contributed by atoms with Crippen LogP contribution in [0, 0.1) is 0 Å². The number of sulfone groups is 1. The number of carboxylic acid groups (broad SMARTS) is 1. The summed E-state index contributed by atoms with van der Waals surface area (Å²) in [6.07, 6.45) is 0.0935. The van der Waals surface area contributed by atoms with E-state index in [1.54, 1.807) is 0 Å². The van der Waals surface area contributed by atoms with E-state index in [0.717, 1.165) is 0 Å². The van der Waals surface area contributed by atoms with Gasteiger partial charge in [0.15, 0.2) is 9.84 Å². The third-order valence-electron chi connectivity index (χ3n) is 2.02. The number of carboxylic acids is 1. The molecular weight excluding hydrogens is 232 g/mol. The first kappa shape index (κ1) is 12.7. The van der Waals surface area contributed by atoms with Gasteiger partial charge in [-0.15, -0.1) is 0 Å². The molecule has 0 saturated carbocycles. The highest BCUT2D eigenvalue weighted by molar-refractivity contribution is 7.91. The fourth-order valence-electron chi connectivity index (χ4n) is 1.28. The summed E-state index contributed by atoms with van der Waals surface area (Å²) in [7, 11) is -3.64. The Labute approximate surface area is 93.3 Å². The van der Waals surface area contributed by atoms with Crippen molar-refractivity contribution in [2.75, 3.05) is 12.4 Å². The Bertz CT molecular complexity index is 478. The number of hydrogen-bond acceptors (Lipinski definition) is 4. The summed E-state index contributed by atoms with van der Waals surface area (Å²) >= 11 is 0. The lowest BCUT2D eigenvalue weighted by molar-refractivity contribution is 0.0692. The molecule has 0 aromatic heterocycles. The minimum absolute atomic E-state index is 0.0935. The van der Waals surface area contributed by atoms with Crippen molar-refractivity contribution in [2.45, 2.75) is 11.3 Å². The van der Waals surface area contributed by atoms with Crippen molar-refractivity contribution in [3.63, 3.8) is 0 Å². The fourth-order valence-corrected chi connectivity index (χ4v) is 2.78. The van der Waals surface area contributed by atoms with E-state index < -0.39 is 15.8 Å². The first-order valence-electron chi connectivity index (χ1n) is 4.65. The van der Waals surface area contributed by atoms with Gasteiger partial charge in [0.2, 0.25) is 0 Å². The van der Waals surface area contributed by atoms with Gasteiger partial charge in [0.25, 0.3) is 0 Å². The standard InChI is InChI=1S/C10H12O5S/c11-6-3-7-16(14,15)9-5-2-1-4-8(9)10(12)13/h1-2,4-5,11H,3,6-7H2,(H,12,13). The van der Waals surface area contributed by atoms with E-state index in [2.05, 4.69) is 0 Å². The van der Waals surface area contributed by atoms with Crippen LogP contribution in [0.25, 0.3) is 0 Å². The van der Waals surface area contributed by atoms with Crippen molar-refractivity contribution >= 4 is 15.8 Å². The minimum Gasteiger partial charge on any atom is -0.478 e. The predicted molar refractivity (Wildman–Crippen MR) is 57.2 cm³/mol. The summed E-state index contributed by atoms with van der Waals surface area (Å²) < 4.78 is 23.5. The van der Waals surface area contributed by atoms with E-state index in [4.69, 9.17) is 10.2 Å². The second kappa shape index (κ2) is 5.09. The molecule has 2 N–H and O–H groups in total. The van der Waals surface area contributed by atoms with Crippen LogP contribution in [0.4, 0.5) is 0 Å². The van der Waals surface area contributed by atoms with Gasteiger partial charge in [0.05, 0.1) is 16.2 Å². The second-order valence-corrected chi connectivity index (χ2v) is 5.27. The topological polar surface area (TPSA) is 91.7 Å². The summed E-state index contributed by atoms with van der Waals surface area (Å²) in [5, 5.41) is 17.4. The van der Waals surface area contributed by atoms with E-state index in [0.29, 0.717) is 0 Å². The Morgan fingerprint density at radius 2 is 1.88 bits per heavy atom. The first-order chi connectivity index (χ1) is 7.49. The van der Waals surface area contributed by atoms with E-state index in [-0.39, 0.29) is 29.2 Å². The average molecular weight is 244 g/mol. The van der Waals surface area contributed by atoms with Crippen molar-refractivity contribution in [1.82, 2.24) is 0 Å². The molecule has 0 unspecified atom stereocenters. The number of hydrogen-bond donors (Lipinski definition) is 2. The fraction of sp³-hybridized carbons (Fsp3) is 0.300. The van der Waals surface area contributed by atoms with Crippen LogP contribution in [-0.4, -0.2) is 37.0 Å². The van der Waals surface area contributed by atoms with Crippen molar-refractivity contribution < 1.29 is 23.4 Å². The van der Waals surface area contributed by atoms with Crippen LogP contribution >= 0.6 is 0 Å². The number of benzene rings is 1. The molecule has 1 aromatic carbocycles. The lowest BCUT2D eigenvalue weighted by Crippen LogP contribution is -2.13. The smallest absolute Gasteiger partial charge is 0.337 e. The zero-order valence-electron chi connectivity index (χ0n) is 8.46. The highest BCUT2D eigenvalue weighted by Crippen LogP contribution is 2.17. The van der Waals surface area contributed by atoms with Crippen LogP contribution in [0.5, 0.6) is 0 Å². The van der Waals surface area contributed by atoms with Gasteiger partial charge in [0, 0.05) is 6.61 Å². The molecule has 88 valence electrons. The summed E-state index contributed by atoms with van der Waals surface area (Å²) in [6.45, 7) is -0.242. The molecule has 1 rings (SSSR count). The molecule has 0 aliphatic heterocycles. The summed E-state index contributed by atoms with van der Waals surface area (Å²) in [6, 6.07) is 5.44. The van der Waals surface area contributed by atoms with Crippen LogP contribution in [0.2, 0.25) is 0 Å². The first-order valence-corrected chi connectivity index (χ1v) is 6.30. The molecule has 6 heteroatoms. The predicted octanol–water partition coefficient (Wildman–Crippen LogP) is 0.541. The maximum absolute atomic E-state index is 11.7. The monoisotopic (exact) mass is 244 g/mol. The Morgan fingerprint density at radius 3 is 2.44 bits per heavy atom. The van der Waals surface area contributed by atoms with Gasteiger partial charge in [-0.05, 0) is 18.6 Å². The molecule has 0 aliphatic rings. The third kappa shape index (κ3) is 2.80. The molecule has 0 saturated heterocycles. The molecule has 0 atom stereocenters.